The van der Waals surface area contributed by atoms with Gasteiger partial charge in [0.2, 0.25) is 0 Å². The van der Waals surface area contributed by atoms with Gasteiger partial charge in [-0.25, -0.2) is 0 Å². The highest BCUT2D eigenvalue weighted by Crippen LogP contribution is 2.23. The van der Waals surface area contributed by atoms with Crippen LogP contribution < -0.4 is 5.32 Å². The molecule has 2 aromatic rings. The molecule has 0 radical (unpaired) electrons. The van der Waals surface area contributed by atoms with Crippen LogP contribution in [-0.2, 0) is 6.54 Å². The molecule has 92 valence electrons. The number of rotatable bonds is 6. The van der Waals surface area contributed by atoms with Crippen LogP contribution in [0.5, 0.6) is 0 Å². The molecule has 0 spiro atoms. The minimum atomic E-state index is 0.275. The first kappa shape index (κ1) is 12.3. The van der Waals surface area contributed by atoms with Crippen molar-refractivity contribution < 1.29 is 0 Å². The lowest BCUT2D eigenvalue weighted by molar-refractivity contribution is 0.597. The van der Waals surface area contributed by atoms with E-state index in [-0.39, 0.29) is 6.04 Å². The van der Waals surface area contributed by atoms with E-state index in [4.69, 9.17) is 0 Å². The smallest absolute Gasteiger partial charge is 0.0616 e. The highest BCUT2D eigenvalue weighted by molar-refractivity contribution is 7.08. The van der Waals surface area contributed by atoms with Crippen molar-refractivity contribution in [1.82, 2.24) is 15.1 Å². The fourth-order valence-electron chi connectivity index (χ4n) is 1.95. The van der Waals surface area contributed by atoms with Crippen LogP contribution in [0.2, 0.25) is 0 Å². The van der Waals surface area contributed by atoms with Crippen molar-refractivity contribution in [2.45, 2.75) is 32.9 Å². The molecule has 2 heterocycles. The first-order valence-corrected chi connectivity index (χ1v) is 7.07. The molecule has 1 unspecified atom stereocenters. The molecule has 0 saturated carbocycles. The zero-order chi connectivity index (χ0) is 12.1. The van der Waals surface area contributed by atoms with Gasteiger partial charge in [-0.05, 0) is 35.4 Å². The third kappa shape index (κ3) is 2.96. The van der Waals surface area contributed by atoms with E-state index in [1.807, 2.05) is 10.9 Å². The van der Waals surface area contributed by atoms with Crippen molar-refractivity contribution in [3.05, 3.63) is 40.3 Å². The average Bonchev–Trinajstić information content (AvgIpc) is 2.97. The predicted octanol–water partition coefficient (Wildman–Crippen LogP) is 3.05. The second-order valence-electron chi connectivity index (χ2n) is 4.08. The minimum absolute atomic E-state index is 0.275. The maximum Gasteiger partial charge on any atom is 0.0616 e. The largest absolute Gasteiger partial charge is 0.306 e. The highest BCUT2D eigenvalue weighted by atomic mass is 32.1. The molecule has 0 aliphatic heterocycles. The first-order valence-electron chi connectivity index (χ1n) is 6.13. The van der Waals surface area contributed by atoms with Crippen molar-refractivity contribution in [2.24, 2.45) is 0 Å². The van der Waals surface area contributed by atoms with Crippen LogP contribution in [0.3, 0.4) is 0 Å². The summed E-state index contributed by atoms with van der Waals surface area (Å²) in [4.78, 5) is 0. The predicted molar refractivity (Wildman–Crippen MR) is 72.4 cm³/mol. The third-order valence-electron chi connectivity index (χ3n) is 2.72. The zero-order valence-corrected chi connectivity index (χ0v) is 11.2. The summed E-state index contributed by atoms with van der Waals surface area (Å²) in [5.74, 6) is 0. The van der Waals surface area contributed by atoms with Gasteiger partial charge in [-0.3, -0.25) is 4.68 Å². The van der Waals surface area contributed by atoms with Gasteiger partial charge in [0.1, 0.15) is 0 Å². The van der Waals surface area contributed by atoms with Crippen LogP contribution in [0.15, 0.2) is 29.2 Å². The Morgan fingerprint density at radius 2 is 2.29 bits per heavy atom. The summed E-state index contributed by atoms with van der Waals surface area (Å²) < 4.78 is 2.02. The molecule has 4 heteroatoms. The molecular weight excluding hydrogens is 230 g/mol. The number of aryl methyl sites for hydroxylation is 1. The lowest BCUT2D eigenvalue weighted by Gasteiger charge is -2.14. The Balaban J connectivity index is 2.20. The number of nitrogens with zero attached hydrogens (tertiary/aromatic N) is 2. The fourth-order valence-corrected chi connectivity index (χ4v) is 2.64. The third-order valence-corrected chi connectivity index (χ3v) is 3.43. The van der Waals surface area contributed by atoms with E-state index in [2.05, 4.69) is 47.3 Å². The lowest BCUT2D eigenvalue weighted by atomic mass is 10.1. The van der Waals surface area contributed by atoms with Gasteiger partial charge >= 0.3 is 0 Å². The molecule has 1 N–H and O–H groups in total. The Hall–Kier alpha value is -1.13. The first-order chi connectivity index (χ1) is 8.35. The number of hydrogen-bond acceptors (Lipinski definition) is 3. The van der Waals surface area contributed by atoms with Gasteiger partial charge in [-0.2, -0.15) is 16.4 Å². The van der Waals surface area contributed by atoms with Gasteiger partial charge in [0.15, 0.2) is 0 Å². The Morgan fingerprint density at radius 3 is 2.94 bits per heavy atom. The van der Waals surface area contributed by atoms with Crippen LogP contribution in [-0.4, -0.2) is 16.3 Å². The Kier molecular flexibility index (Phi) is 4.34. The van der Waals surface area contributed by atoms with E-state index >= 15 is 0 Å². The van der Waals surface area contributed by atoms with Gasteiger partial charge in [0, 0.05) is 18.3 Å². The van der Waals surface area contributed by atoms with Crippen LogP contribution in [0.1, 0.15) is 37.4 Å². The molecule has 0 fully saturated rings. The molecule has 3 nitrogen and oxygen atoms in total. The average molecular weight is 249 g/mol. The van der Waals surface area contributed by atoms with E-state index in [0.29, 0.717) is 0 Å². The van der Waals surface area contributed by atoms with E-state index in [9.17, 15) is 0 Å². The SMILES string of the molecule is CCCn1cc(C(NCC)c2ccsc2)cn1. The molecule has 0 aliphatic carbocycles. The van der Waals surface area contributed by atoms with E-state index in [1.165, 1.54) is 11.1 Å². The standard InChI is InChI=1S/C13H19N3S/c1-3-6-16-9-12(8-15-16)13(14-4-2)11-5-7-17-10-11/h5,7-10,13-14H,3-4,6H2,1-2H3. The number of thiophene rings is 1. The molecule has 0 bridgehead atoms. The van der Waals surface area contributed by atoms with E-state index < -0.39 is 0 Å². The maximum absolute atomic E-state index is 4.40. The normalized spacial score (nSPS) is 12.8. The number of nitrogens with one attached hydrogen (secondary N) is 1. The molecule has 2 aromatic heterocycles. The van der Waals surface area contributed by atoms with Gasteiger partial charge in [-0.1, -0.05) is 13.8 Å². The molecule has 2 rings (SSSR count). The van der Waals surface area contributed by atoms with E-state index in [0.717, 1.165) is 19.5 Å². The van der Waals surface area contributed by atoms with Crippen molar-refractivity contribution in [1.29, 1.82) is 0 Å². The quantitative estimate of drug-likeness (QED) is 0.852. The van der Waals surface area contributed by atoms with Crippen molar-refractivity contribution in [2.75, 3.05) is 6.54 Å². The van der Waals surface area contributed by atoms with Gasteiger partial charge < -0.3 is 5.32 Å². The highest BCUT2D eigenvalue weighted by Gasteiger charge is 2.14. The molecule has 0 aromatic carbocycles. The Bertz CT molecular complexity index is 433. The monoisotopic (exact) mass is 249 g/mol. The van der Waals surface area contributed by atoms with Crippen LogP contribution in [0.4, 0.5) is 0 Å². The summed E-state index contributed by atoms with van der Waals surface area (Å²) >= 11 is 1.74. The molecule has 0 saturated heterocycles. The molecule has 0 amide bonds. The van der Waals surface area contributed by atoms with Crippen molar-refractivity contribution >= 4 is 11.3 Å². The van der Waals surface area contributed by atoms with E-state index in [1.54, 1.807) is 11.3 Å². The van der Waals surface area contributed by atoms with Crippen LogP contribution >= 0.6 is 11.3 Å². The zero-order valence-electron chi connectivity index (χ0n) is 10.4. The second kappa shape index (κ2) is 5.98. The van der Waals surface area contributed by atoms with Gasteiger partial charge in [0.25, 0.3) is 0 Å². The number of aromatic nitrogens is 2. The molecule has 17 heavy (non-hydrogen) atoms. The summed E-state index contributed by atoms with van der Waals surface area (Å²) in [6, 6.07) is 2.45. The summed E-state index contributed by atoms with van der Waals surface area (Å²) in [6.45, 7) is 6.25. The summed E-state index contributed by atoms with van der Waals surface area (Å²) in [5, 5.41) is 12.2. The summed E-state index contributed by atoms with van der Waals surface area (Å²) in [5.41, 5.74) is 2.58. The van der Waals surface area contributed by atoms with Gasteiger partial charge in [0.05, 0.1) is 12.2 Å². The Morgan fingerprint density at radius 1 is 1.41 bits per heavy atom. The summed E-state index contributed by atoms with van der Waals surface area (Å²) in [7, 11) is 0. The van der Waals surface area contributed by atoms with Crippen LogP contribution in [0.25, 0.3) is 0 Å². The van der Waals surface area contributed by atoms with Gasteiger partial charge in [-0.15, -0.1) is 0 Å². The second-order valence-corrected chi connectivity index (χ2v) is 4.86. The lowest BCUT2D eigenvalue weighted by Crippen LogP contribution is -2.21. The minimum Gasteiger partial charge on any atom is -0.306 e. The fraction of sp³-hybridized carbons (Fsp3) is 0.462. The van der Waals surface area contributed by atoms with Crippen molar-refractivity contribution in [3.8, 4) is 0 Å². The topological polar surface area (TPSA) is 29.9 Å². The molecule has 0 aliphatic rings. The number of hydrogen-bond donors (Lipinski definition) is 1. The van der Waals surface area contributed by atoms with Crippen LogP contribution in [0, 0.1) is 0 Å². The van der Waals surface area contributed by atoms with Crippen molar-refractivity contribution in [3.63, 3.8) is 0 Å². The molecular formula is C13H19N3S. The molecule has 1 atom stereocenters. The maximum atomic E-state index is 4.40. The summed E-state index contributed by atoms with van der Waals surface area (Å²) in [6.07, 6.45) is 5.24. The Labute approximate surface area is 106 Å².